The largest absolute Gasteiger partial charge is 0.356 e. The molecule has 1 atom stereocenters. The molecule has 4 heterocycles. The number of primary amides is 1. The molecule has 0 spiro atoms. The lowest BCUT2D eigenvalue weighted by Gasteiger charge is -2.40. The first kappa shape index (κ1) is 17.1. The molecule has 8 heteroatoms. The van der Waals surface area contributed by atoms with E-state index >= 15 is 0 Å². The van der Waals surface area contributed by atoms with Crippen LogP contribution in [0.3, 0.4) is 0 Å². The van der Waals surface area contributed by atoms with Crippen molar-refractivity contribution in [2.75, 3.05) is 24.5 Å². The Balaban J connectivity index is 1.49. The molecule has 26 heavy (non-hydrogen) atoms. The molecule has 0 aromatic carbocycles. The molecule has 2 amide bonds. The summed E-state index contributed by atoms with van der Waals surface area (Å²) >= 11 is 0. The predicted molar refractivity (Wildman–Crippen MR) is 99.0 cm³/mol. The number of aryl methyl sites for hydroxylation is 1. The third-order valence-electron chi connectivity index (χ3n) is 5.85. The zero-order valence-corrected chi connectivity index (χ0v) is 15.3. The molecule has 4 rings (SSSR count). The van der Waals surface area contributed by atoms with Crippen LogP contribution in [0.1, 0.15) is 44.2 Å². The van der Waals surface area contributed by atoms with E-state index in [9.17, 15) is 4.79 Å². The first-order chi connectivity index (χ1) is 12.6. The number of nitrogens with two attached hydrogens (primary N) is 1. The summed E-state index contributed by atoms with van der Waals surface area (Å²) in [5, 5.41) is 4.32. The zero-order valence-electron chi connectivity index (χ0n) is 15.3. The number of likely N-dealkylation sites (tertiary alicyclic amines) is 1. The van der Waals surface area contributed by atoms with Gasteiger partial charge in [-0.05, 0) is 38.5 Å². The average Bonchev–Trinajstić information content (AvgIpc) is 2.96. The number of aromatic nitrogens is 4. The van der Waals surface area contributed by atoms with Gasteiger partial charge in [-0.3, -0.25) is 0 Å². The highest BCUT2D eigenvalue weighted by Gasteiger charge is 2.33. The van der Waals surface area contributed by atoms with Crippen LogP contribution in [0.5, 0.6) is 0 Å². The molecule has 2 fully saturated rings. The number of hydrogen-bond acceptors (Lipinski definition) is 5. The maximum Gasteiger partial charge on any atom is 0.315 e. The Morgan fingerprint density at radius 3 is 2.73 bits per heavy atom. The average molecular weight is 357 g/mol. The van der Waals surface area contributed by atoms with Gasteiger partial charge in [0.05, 0.1) is 0 Å². The normalized spacial score (nSPS) is 22.6. The Bertz CT molecular complexity index is 781. The van der Waals surface area contributed by atoms with Gasteiger partial charge >= 0.3 is 6.03 Å². The highest BCUT2D eigenvalue weighted by molar-refractivity contribution is 5.72. The molecular weight excluding hydrogens is 330 g/mol. The van der Waals surface area contributed by atoms with Crippen LogP contribution in [0, 0.1) is 12.8 Å². The van der Waals surface area contributed by atoms with E-state index in [0.29, 0.717) is 17.7 Å². The van der Waals surface area contributed by atoms with Crippen molar-refractivity contribution in [3.8, 4) is 0 Å². The van der Waals surface area contributed by atoms with Gasteiger partial charge in [-0.2, -0.15) is 14.6 Å². The summed E-state index contributed by atoms with van der Waals surface area (Å²) in [6.07, 6.45) is 8.21. The molecule has 0 saturated carbocycles. The van der Waals surface area contributed by atoms with Gasteiger partial charge in [0.2, 0.25) is 0 Å². The van der Waals surface area contributed by atoms with Crippen molar-refractivity contribution in [2.45, 2.75) is 51.5 Å². The number of amides is 2. The van der Waals surface area contributed by atoms with Gasteiger partial charge in [0.25, 0.3) is 5.78 Å². The lowest BCUT2D eigenvalue weighted by molar-refractivity contribution is 0.143. The van der Waals surface area contributed by atoms with Crippen LogP contribution in [0.2, 0.25) is 0 Å². The van der Waals surface area contributed by atoms with Gasteiger partial charge in [-0.1, -0.05) is 12.8 Å². The van der Waals surface area contributed by atoms with E-state index in [4.69, 9.17) is 5.73 Å². The third-order valence-corrected chi connectivity index (χ3v) is 5.85. The van der Waals surface area contributed by atoms with Crippen molar-refractivity contribution in [1.82, 2.24) is 24.5 Å². The minimum absolute atomic E-state index is 0.256. The van der Waals surface area contributed by atoms with Crippen molar-refractivity contribution in [3.63, 3.8) is 0 Å². The molecule has 140 valence electrons. The maximum atomic E-state index is 11.9. The van der Waals surface area contributed by atoms with Crippen LogP contribution in [-0.4, -0.2) is 56.2 Å². The molecule has 2 N–H and O–H groups in total. The summed E-state index contributed by atoms with van der Waals surface area (Å²) in [5.74, 6) is 2.22. The van der Waals surface area contributed by atoms with E-state index in [0.717, 1.165) is 56.8 Å². The van der Waals surface area contributed by atoms with Crippen molar-refractivity contribution < 1.29 is 4.79 Å². The van der Waals surface area contributed by atoms with E-state index in [2.05, 4.69) is 26.0 Å². The zero-order chi connectivity index (χ0) is 18.1. The number of fused-ring (bicyclic) bond motifs is 1. The lowest BCUT2D eigenvalue weighted by Crippen LogP contribution is -2.49. The quantitative estimate of drug-likeness (QED) is 0.887. The number of nitrogens with zero attached hydrogens (tertiary/aromatic N) is 6. The van der Waals surface area contributed by atoms with Crippen LogP contribution >= 0.6 is 0 Å². The van der Waals surface area contributed by atoms with Crippen molar-refractivity contribution >= 4 is 17.6 Å². The van der Waals surface area contributed by atoms with Crippen LogP contribution in [0.15, 0.2) is 12.4 Å². The number of hydrogen-bond donors (Lipinski definition) is 1. The summed E-state index contributed by atoms with van der Waals surface area (Å²) in [4.78, 5) is 24.8. The topological polar surface area (TPSA) is 92.7 Å². The molecule has 0 aliphatic carbocycles. The molecule has 2 aliphatic heterocycles. The lowest BCUT2D eigenvalue weighted by atomic mass is 9.86. The molecule has 2 aliphatic rings. The summed E-state index contributed by atoms with van der Waals surface area (Å²) < 4.78 is 1.81. The first-order valence-electron chi connectivity index (χ1n) is 9.62. The van der Waals surface area contributed by atoms with Crippen molar-refractivity contribution in [2.24, 2.45) is 11.7 Å². The summed E-state index contributed by atoms with van der Waals surface area (Å²) in [6.45, 7) is 4.70. The number of carbonyl (C=O) groups is 1. The smallest absolute Gasteiger partial charge is 0.315 e. The van der Waals surface area contributed by atoms with Gasteiger partial charge in [0.15, 0.2) is 0 Å². The predicted octanol–water partition coefficient (Wildman–Crippen LogP) is 1.97. The molecule has 0 radical (unpaired) electrons. The second kappa shape index (κ2) is 7.09. The summed E-state index contributed by atoms with van der Waals surface area (Å²) in [6, 6.07) is 2.11. The second-order valence-corrected chi connectivity index (χ2v) is 7.50. The van der Waals surface area contributed by atoms with E-state index in [1.165, 1.54) is 12.8 Å². The first-order valence-corrected chi connectivity index (χ1v) is 9.62. The monoisotopic (exact) mass is 357 g/mol. The Morgan fingerprint density at radius 1 is 1.15 bits per heavy atom. The number of anilines is 1. The van der Waals surface area contributed by atoms with Crippen LogP contribution in [0.25, 0.3) is 5.78 Å². The van der Waals surface area contributed by atoms with E-state index < -0.39 is 0 Å². The van der Waals surface area contributed by atoms with E-state index in [1.54, 1.807) is 6.33 Å². The molecule has 2 saturated heterocycles. The summed E-state index contributed by atoms with van der Waals surface area (Å²) in [5.41, 5.74) is 6.62. The van der Waals surface area contributed by atoms with Crippen molar-refractivity contribution in [1.29, 1.82) is 0 Å². The van der Waals surface area contributed by atoms with E-state index in [1.807, 2.05) is 16.3 Å². The Labute approximate surface area is 153 Å². The SMILES string of the molecule is Cc1cc(N2CCC([C@H]3CCCCCN3C(N)=O)CC2)n2ncnc2n1. The fourth-order valence-electron chi connectivity index (χ4n) is 4.55. The minimum Gasteiger partial charge on any atom is -0.356 e. The number of rotatable bonds is 2. The Kier molecular flexibility index (Phi) is 4.65. The molecular formula is C18H27N7O. The molecule has 2 aromatic rings. The van der Waals surface area contributed by atoms with Crippen LogP contribution < -0.4 is 10.6 Å². The van der Waals surface area contributed by atoms with Gasteiger partial charge in [0, 0.05) is 37.4 Å². The third kappa shape index (κ3) is 3.20. The Morgan fingerprint density at radius 2 is 1.96 bits per heavy atom. The number of carbonyl (C=O) groups excluding carboxylic acids is 1. The maximum absolute atomic E-state index is 11.9. The van der Waals surface area contributed by atoms with Gasteiger partial charge in [-0.15, -0.1) is 0 Å². The van der Waals surface area contributed by atoms with E-state index in [-0.39, 0.29) is 6.03 Å². The molecule has 2 aromatic heterocycles. The fraction of sp³-hybridized carbons (Fsp3) is 0.667. The number of urea groups is 1. The van der Waals surface area contributed by atoms with Gasteiger partial charge in [-0.25, -0.2) is 9.78 Å². The van der Waals surface area contributed by atoms with Gasteiger partial charge in [0.1, 0.15) is 12.1 Å². The minimum atomic E-state index is -0.256. The van der Waals surface area contributed by atoms with Gasteiger partial charge < -0.3 is 15.5 Å². The molecule has 8 nitrogen and oxygen atoms in total. The molecule has 0 bridgehead atoms. The highest BCUT2D eigenvalue weighted by atomic mass is 16.2. The number of piperidine rings is 1. The Hall–Kier alpha value is -2.38. The van der Waals surface area contributed by atoms with Crippen LogP contribution in [-0.2, 0) is 0 Å². The standard InChI is InChI=1S/C18H27N7O/c1-13-11-16(25-18(22-13)20-12-21-25)23-9-6-14(7-10-23)15-5-3-2-4-8-24(15)17(19)26/h11-12,14-15H,2-10H2,1H3,(H2,19,26)/t15-/m1/s1. The molecule has 0 unspecified atom stereocenters. The highest BCUT2D eigenvalue weighted by Crippen LogP contribution is 2.31. The summed E-state index contributed by atoms with van der Waals surface area (Å²) in [7, 11) is 0. The second-order valence-electron chi connectivity index (χ2n) is 7.50. The van der Waals surface area contributed by atoms with Crippen molar-refractivity contribution in [3.05, 3.63) is 18.1 Å². The van der Waals surface area contributed by atoms with Crippen LogP contribution in [0.4, 0.5) is 10.6 Å². The fourth-order valence-corrected chi connectivity index (χ4v) is 4.55.